The Kier molecular flexibility index (Phi) is 7.19. The number of benzene rings is 1. The number of nitrogens with two attached hydrogens (primary N) is 1. The molecule has 2 aliphatic rings. The van der Waals surface area contributed by atoms with Gasteiger partial charge >= 0.3 is 0 Å². The van der Waals surface area contributed by atoms with Crippen molar-refractivity contribution < 1.29 is 14.0 Å². The van der Waals surface area contributed by atoms with Gasteiger partial charge in [-0.15, -0.1) is 12.4 Å². The first-order valence-corrected chi connectivity index (χ1v) is 10.4. The number of rotatable bonds is 6. The van der Waals surface area contributed by atoms with Crippen LogP contribution in [0, 0.1) is 0 Å². The van der Waals surface area contributed by atoms with Crippen LogP contribution in [0.25, 0.3) is 11.0 Å². The number of nitrogens with one attached hydrogen (secondary N) is 1. The van der Waals surface area contributed by atoms with Gasteiger partial charge in [-0.25, -0.2) is 0 Å². The molecule has 1 unspecified atom stereocenters. The van der Waals surface area contributed by atoms with Crippen molar-refractivity contribution in [1.82, 2.24) is 10.2 Å². The number of nitrogens with zero attached hydrogens (tertiary/aromatic N) is 1. The zero-order chi connectivity index (χ0) is 19.5. The normalized spacial score (nSPS) is 18.4. The highest BCUT2D eigenvalue weighted by atomic mass is 35.5. The van der Waals surface area contributed by atoms with Crippen molar-refractivity contribution in [3.63, 3.8) is 0 Å². The van der Waals surface area contributed by atoms with Crippen molar-refractivity contribution in [3.8, 4) is 0 Å². The average molecular weight is 420 g/mol. The standard InChI is InChI=1S/C22H29N3O3.ClH/c23-8-7-21(26)24-13-18-6-1-2-9-25(18)22(27)12-17-14-28-20-11-16-5-3-4-15(16)10-19(17)20;/h10-11,14,18H,1-9,12-13,23H2,(H,24,26);1H. The molecule has 1 saturated heterocycles. The second-order valence-electron chi connectivity index (χ2n) is 7.99. The maximum atomic E-state index is 13.1. The second kappa shape index (κ2) is 9.63. The Bertz CT molecular complexity index is 880. The van der Waals surface area contributed by atoms with Crippen molar-refractivity contribution >= 4 is 35.2 Å². The summed E-state index contributed by atoms with van der Waals surface area (Å²) < 4.78 is 5.76. The largest absolute Gasteiger partial charge is 0.464 e. The molecule has 1 aliphatic carbocycles. The molecule has 2 heterocycles. The molecule has 1 atom stereocenters. The first-order valence-electron chi connectivity index (χ1n) is 10.4. The fourth-order valence-electron chi connectivity index (χ4n) is 4.54. The van der Waals surface area contributed by atoms with Crippen LogP contribution in [-0.2, 0) is 28.9 Å². The molecular formula is C22H30ClN3O3. The van der Waals surface area contributed by atoms with Gasteiger partial charge in [0.05, 0.1) is 12.7 Å². The van der Waals surface area contributed by atoms with Gasteiger partial charge in [-0.3, -0.25) is 9.59 Å². The topological polar surface area (TPSA) is 88.6 Å². The van der Waals surface area contributed by atoms with E-state index in [2.05, 4.69) is 17.4 Å². The van der Waals surface area contributed by atoms with Crippen LogP contribution >= 0.6 is 12.4 Å². The number of hydrogen-bond donors (Lipinski definition) is 2. The van der Waals surface area contributed by atoms with E-state index in [0.29, 0.717) is 25.9 Å². The third-order valence-electron chi connectivity index (χ3n) is 6.06. The molecule has 0 bridgehead atoms. The van der Waals surface area contributed by atoms with E-state index in [-0.39, 0.29) is 30.3 Å². The van der Waals surface area contributed by atoms with E-state index in [1.807, 2.05) is 4.90 Å². The average Bonchev–Trinajstić information content (AvgIpc) is 3.31. The molecule has 4 rings (SSSR count). The van der Waals surface area contributed by atoms with Crippen molar-refractivity contribution in [2.45, 2.75) is 57.4 Å². The molecule has 2 aromatic rings. The minimum Gasteiger partial charge on any atom is -0.464 e. The van der Waals surface area contributed by atoms with Gasteiger partial charge in [-0.2, -0.15) is 0 Å². The lowest BCUT2D eigenvalue weighted by Crippen LogP contribution is -2.50. The fourth-order valence-corrected chi connectivity index (χ4v) is 4.54. The summed E-state index contributed by atoms with van der Waals surface area (Å²) in [6, 6.07) is 4.41. The number of hydrogen-bond acceptors (Lipinski definition) is 4. The number of aryl methyl sites for hydroxylation is 2. The fraction of sp³-hybridized carbons (Fsp3) is 0.545. The molecule has 1 aliphatic heterocycles. The molecule has 29 heavy (non-hydrogen) atoms. The molecule has 3 N–H and O–H groups in total. The van der Waals surface area contributed by atoms with Crippen LogP contribution in [0.2, 0.25) is 0 Å². The van der Waals surface area contributed by atoms with Gasteiger partial charge in [0.1, 0.15) is 5.58 Å². The second-order valence-corrected chi connectivity index (χ2v) is 7.99. The summed E-state index contributed by atoms with van der Waals surface area (Å²) in [7, 11) is 0. The summed E-state index contributed by atoms with van der Waals surface area (Å²) in [5.74, 6) is 0.0659. The van der Waals surface area contributed by atoms with Gasteiger partial charge in [-0.1, -0.05) is 0 Å². The highest BCUT2D eigenvalue weighted by Crippen LogP contribution is 2.31. The van der Waals surface area contributed by atoms with Gasteiger partial charge in [0.25, 0.3) is 0 Å². The smallest absolute Gasteiger partial charge is 0.227 e. The third-order valence-corrected chi connectivity index (χ3v) is 6.06. The van der Waals surface area contributed by atoms with E-state index in [1.165, 1.54) is 17.5 Å². The number of halogens is 1. The van der Waals surface area contributed by atoms with Crippen LogP contribution < -0.4 is 11.1 Å². The van der Waals surface area contributed by atoms with Crippen LogP contribution in [0.4, 0.5) is 0 Å². The minimum atomic E-state index is -0.0462. The number of amides is 2. The molecule has 0 spiro atoms. The van der Waals surface area contributed by atoms with E-state index in [1.54, 1.807) is 6.26 Å². The van der Waals surface area contributed by atoms with E-state index in [9.17, 15) is 9.59 Å². The zero-order valence-electron chi connectivity index (χ0n) is 16.7. The van der Waals surface area contributed by atoms with Crippen LogP contribution in [0.15, 0.2) is 22.8 Å². The van der Waals surface area contributed by atoms with Crippen molar-refractivity contribution in [3.05, 3.63) is 35.1 Å². The highest BCUT2D eigenvalue weighted by Gasteiger charge is 2.28. The van der Waals surface area contributed by atoms with Gasteiger partial charge in [-0.05, 0) is 61.8 Å². The molecule has 0 saturated carbocycles. The molecule has 7 heteroatoms. The third kappa shape index (κ3) is 4.75. The number of likely N-dealkylation sites (tertiary alicyclic amines) is 1. The lowest BCUT2D eigenvalue weighted by atomic mass is 9.99. The summed E-state index contributed by atoms with van der Waals surface area (Å²) >= 11 is 0. The SMILES string of the molecule is Cl.NCCC(=O)NCC1CCCCN1C(=O)Cc1coc2cc3c(cc12)CCC3. The van der Waals surface area contributed by atoms with E-state index >= 15 is 0 Å². The van der Waals surface area contributed by atoms with Crippen molar-refractivity contribution in [1.29, 1.82) is 0 Å². The molecule has 6 nitrogen and oxygen atoms in total. The van der Waals surface area contributed by atoms with Crippen LogP contribution in [0.1, 0.15) is 48.8 Å². The zero-order valence-corrected chi connectivity index (χ0v) is 17.6. The summed E-state index contributed by atoms with van der Waals surface area (Å²) in [6.45, 7) is 1.60. The highest BCUT2D eigenvalue weighted by molar-refractivity contribution is 5.89. The number of piperidine rings is 1. The van der Waals surface area contributed by atoms with Crippen molar-refractivity contribution in [2.24, 2.45) is 5.73 Å². The Morgan fingerprint density at radius 2 is 1.97 bits per heavy atom. The molecular weight excluding hydrogens is 390 g/mol. The Morgan fingerprint density at radius 1 is 1.17 bits per heavy atom. The number of furan rings is 1. The van der Waals surface area contributed by atoms with E-state index < -0.39 is 0 Å². The Morgan fingerprint density at radius 3 is 2.76 bits per heavy atom. The monoisotopic (exact) mass is 419 g/mol. The summed E-state index contributed by atoms with van der Waals surface area (Å²) in [4.78, 5) is 26.8. The van der Waals surface area contributed by atoms with Gasteiger partial charge in [0.2, 0.25) is 11.8 Å². The maximum Gasteiger partial charge on any atom is 0.227 e. The minimum absolute atomic E-state index is 0. The van der Waals surface area contributed by atoms with E-state index in [4.69, 9.17) is 10.2 Å². The molecule has 1 aromatic heterocycles. The Hall–Kier alpha value is -2.05. The number of carbonyl (C=O) groups is 2. The Labute approximate surface area is 177 Å². The predicted octanol–water partition coefficient (Wildman–Crippen LogP) is 2.73. The van der Waals surface area contributed by atoms with Crippen LogP contribution in [0.3, 0.4) is 0 Å². The van der Waals surface area contributed by atoms with Gasteiger partial charge < -0.3 is 20.4 Å². The lowest BCUT2D eigenvalue weighted by Gasteiger charge is -2.36. The molecule has 158 valence electrons. The van der Waals surface area contributed by atoms with Gasteiger partial charge in [0.15, 0.2) is 0 Å². The van der Waals surface area contributed by atoms with Crippen molar-refractivity contribution in [2.75, 3.05) is 19.6 Å². The molecule has 0 radical (unpaired) electrons. The lowest BCUT2D eigenvalue weighted by molar-refractivity contribution is -0.134. The summed E-state index contributed by atoms with van der Waals surface area (Å²) in [6.07, 6.45) is 8.85. The summed E-state index contributed by atoms with van der Waals surface area (Å²) in [5, 5.41) is 3.99. The van der Waals surface area contributed by atoms with Crippen LogP contribution in [-0.4, -0.2) is 42.4 Å². The number of fused-ring (bicyclic) bond motifs is 2. The van der Waals surface area contributed by atoms with Gasteiger partial charge in [0, 0.05) is 43.0 Å². The first-order chi connectivity index (χ1) is 13.7. The van der Waals surface area contributed by atoms with E-state index in [0.717, 1.165) is 55.2 Å². The molecule has 2 amide bonds. The Balaban J connectivity index is 0.00000240. The number of carbonyl (C=O) groups excluding carboxylic acids is 2. The predicted molar refractivity (Wildman–Crippen MR) is 115 cm³/mol. The summed E-state index contributed by atoms with van der Waals surface area (Å²) in [5.41, 5.74) is 10.0. The quantitative estimate of drug-likeness (QED) is 0.753. The first kappa shape index (κ1) is 21.7. The molecule has 1 aromatic carbocycles. The molecule has 1 fully saturated rings. The maximum absolute atomic E-state index is 13.1. The van der Waals surface area contributed by atoms with Crippen LogP contribution in [0.5, 0.6) is 0 Å².